The van der Waals surface area contributed by atoms with E-state index < -0.39 is 5.97 Å². The van der Waals surface area contributed by atoms with Crippen molar-refractivity contribution >= 4 is 5.97 Å². The molecule has 1 aliphatic carbocycles. The number of hydrogen-bond acceptors (Lipinski definition) is 4. The van der Waals surface area contributed by atoms with Gasteiger partial charge < -0.3 is 10.4 Å². The third-order valence-electron chi connectivity index (χ3n) is 2.95. The average Bonchev–Trinajstić information content (AvgIpc) is 2.84. The fourth-order valence-electron chi connectivity index (χ4n) is 1.82. The molecular weight excluding hydrogens is 208 g/mol. The van der Waals surface area contributed by atoms with E-state index in [-0.39, 0.29) is 5.69 Å². The SMILES string of the molecule is CCC1CC1NCCn1cc(C(=O)O)nn1. The fraction of sp³-hybridized carbons (Fsp3) is 0.700. The second-order valence-corrected chi connectivity index (χ2v) is 4.14. The zero-order valence-electron chi connectivity index (χ0n) is 9.26. The second kappa shape index (κ2) is 4.61. The molecule has 88 valence electrons. The van der Waals surface area contributed by atoms with Crippen molar-refractivity contribution in [3.8, 4) is 0 Å². The quantitative estimate of drug-likeness (QED) is 0.729. The van der Waals surface area contributed by atoms with Crippen LogP contribution in [0.5, 0.6) is 0 Å². The van der Waals surface area contributed by atoms with Crippen LogP contribution in [0.2, 0.25) is 0 Å². The highest BCUT2D eigenvalue weighted by Gasteiger charge is 2.34. The number of carboxylic acid groups (broad SMARTS) is 1. The van der Waals surface area contributed by atoms with Crippen LogP contribution in [0.1, 0.15) is 30.3 Å². The van der Waals surface area contributed by atoms with Crippen LogP contribution in [0.4, 0.5) is 0 Å². The maximum absolute atomic E-state index is 10.6. The fourth-order valence-corrected chi connectivity index (χ4v) is 1.82. The van der Waals surface area contributed by atoms with Gasteiger partial charge in [-0.1, -0.05) is 18.6 Å². The van der Waals surface area contributed by atoms with E-state index in [1.807, 2.05) is 0 Å². The van der Waals surface area contributed by atoms with Gasteiger partial charge in [0.2, 0.25) is 0 Å². The first-order valence-corrected chi connectivity index (χ1v) is 5.57. The highest BCUT2D eigenvalue weighted by atomic mass is 16.4. The van der Waals surface area contributed by atoms with Crippen molar-refractivity contribution in [2.75, 3.05) is 6.54 Å². The van der Waals surface area contributed by atoms with Gasteiger partial charge in [0.25, 0.3) is 0 Å². The minimum atomic E-state index is -1.03. The molecule has 0 aliphatic heterocycles. The van der Waals surface area contributed by atoms with Crippen LogP contribution in [0.25, 0.3) is 0 Å². The molecule has 0 amide bonds. The van der Waals surface area contributed by atoms with Crippen LogP contribution in [0.3, 0.4) is 0 Å². The van der Waals surface area contributed by atoms with Crippen LogP contribution in [-0.4, -0.2) is 38.7 Å². The van der Waals surface area contributed by atoms with Gasteiger partial charge in [0.15, 0.2) is 5.69 Å². The minimum absolute atomic E-state index is 0.00198. The number of rotatable bonds is 6. The normalized spacial score (nSPS) is 23.3. The van der Waals surface area contributed by atoms with Crippen molar-refractivity contribution in [1.82, 2.24) is 20.3 Å². The molecule has 1 fully saturated rings. The summed E-state index contributed by atoms with van der Waals surface area (Å²) in [7, 11) is 0. The zero-order chi connectivity index (χ0) is 11.5. The van der Waals surface area contributed by atoms with Gasteiger partial charge in [0.1, 0.15) is 0 Å². The van der Waals surface area contributed by atoms with Crippen LogP contribution in [0, 0.1) is 5.92 Å². The molecule has 0 saturated heterocycles. The van der Waals surface area contributed by atoms with E-state index in [4.69, 9.17) is 5.11 Å². The lowest BCUT2D eigenvalue weighted by molar-refractivity contribution is 0.0690. The Bertz CT molecular complexity index is 377. The molecule has 6 nitrogen and oxygen atoms in total. The molecule has 1 aliphatic rings. The summed E-state index contributed by atoms with van der Waals surface area (Å²) >= 11 is 0. The van der Waals surface area contributed by atoms with Gasteiger partial charge in [0, 0.05) is 12.6 Å². The zero-order valence-corrected chi connectivity index (χ0v) is 9.26. The van der Waals surface area contributed by atoms with Crippen molar-refractivity contribution in [2.45, 2.75) is 32.4 Å². The average molecular weight is 224 g/mol. The molecule has 0 radical (unpaired) electrons. The Kier molecular flexibility index (Phi) is 3.19. The van der Waals surface area contributed by atoms with Crippen molar-refractivity contribution < 1.29 is 9.90 Å². The molecule has 1 aromatic rings. The molecule has 6 heteroatoms. The lowest BCUT2D eigenvalue weighted by atomic mass is 10.3. The number of hydrogen-bond donors (Lipinski definition) is 2. The number of nitrogens with zero attached hydrogens (tertiary/aromatic N) is 3. The van der Waals surface area contributed by atoms with E-state index in [1.54, 1.807) is 4.68 Å². The first-order valence-electron chi connectivity index (χ1n) is 5.57. The van der Waals surface area contributed by atoms with Crippen LogP contribution >= 0.6 is 0 Å². The van der Waals surface area contributed by atoms with Crippen LogP contribution in [-0.2, 0) is 6.54 Å². The van der Waals surface area contributed by atoms with Gasteiger partial charge in [-0.15, -0.1) is 5.10 Å². The van der Waals surface area contributed by atoms with Crippen molar-refractivity contribution in [2.24, 2.45) is 5.92 Å². The summed E-state index contributed by atoms with van der Waals surface area (Å²) in [6.07, 6.45) is 3.94. The molecule has 2 rings (SSSR count). The number of carbonyl (C=O) groups is 1. The predicted octanol–water partition coefficient (Wildman–Crippen LogP) is 0.364. The predicted molar refractivity (Wildman–Crippen MR) is 57.2 cm³/mol. The Morgan fingerprint density at radius 1 is 1.75 bits per heavy atom. The van der Waals surface area contributed by atoms with E-state index in [0.717, 1.165) is 12.5 Å². The molecular formula is C10H16N4O2. The standard InChI is InChI=1S/C10H16N4O2/c1-2-7-5-8(7)11-3-4-14-6-9(10(15)16)12-13-14/h6-8,11H,2-5H2,1H3,(H,15,16). The third-order valence-corrected chi connectivity index (χ3v) is 2.95. The number of aromatic nitrogens is 3. The molecule has 0 bridgehead atoms. The van der Waals surface area contributed by atoms with Gasteiger partial charge in [-0.2, -0.15) is 0 Å². The lowest BCUT2D eigenvalue weighted by Gasteiger charge is -2.02. The van der Waals surface area contributed by atoms with Gasteiger partial charge in [-0.05, 0) is 12.3 Å². The molecule has 2 N–H and O–H groups in total. The Morgan fingerprint density at radius 2 is 2.56 bits per heavy atom. The third kappa shape index (κ3) is 2.57. The van der Waals surface area contributed by atoms with Crippen molar-refractivity contribution in [3.05, 3.63) is 11.9 Å². The smallest absolute Gasteiger partial charge is 0.358 e. The van der Waals surface area contributed by atoms with Gasteiger partial charge in [0.05, 0.1) is 12.7 Å². The molecule has 1 aromatic heterocycles. The number of carboxylic acids is 1. The van der Waals surface area contributed by atoms with E-state index in [2.05, 4.69) is 22.6 Å². The van der Waals surface area contributed by atoms with E-state index in [1.165, 1.54) is 19.0 Å². The summed E-state index contributed by atoms with van der Waals surface area (Å²) in [5.74, 6) is -0.210. The maximum Gasteiger partial charge on any atom is 0.358 e. The minimum Gasteiger partial charge on any atom is -0.476 e. The molecule has 0 aromatic carbocycles. The Morgan fingerprint density at radius 3 is 3.12 bits per heavy atom. The molecule has 16 heavy (non-hydrogen) atoms. The maximum atomic E-state index is 10.6. The molecule has 1 heterocycles. The molecule has 2 unspecified atom stereocenters. The van der Waals surface area contributed by atoms with E-state index in [0.29, 0.717) is 12.6 Å². The van der Waals surface area contributed by atoms with Crippen LogP contribution < -0.4 is 5.32 Å². The first-order chi connectivity index (χ1) is 7.70. The topological polar surface area (TPSA) is 80.0 Å². The molecule has 0 spiro atoms. The number of aromatic carboxylic acids is 1. The van der Waals surface area contributed by atoms with Crippen molar-refractivity contribution in [1.29, 1.82) is 0 Å². The highest BCUT2D eigenvalue weighted by molar-refractivity contribution is 5.84. The largest absolute Gasteiger partial charge is 0.476 e. The Balaban J connectivity index is 1.71. The summed E-state index contributed by atoms with van der Waals surface area (Å²) in [5.41, 5.74) is -0.00198. The summed E-state index contributed by atoms with van der Waals surface area (Å²) in [4.78, 5) is 10.6. The van der Waals surface area contributed by atoms with Crippen LogP contribution in [0.15, 0.2) is 6.20 Å². The summed E-state index contributed by atoms with van der Waals surface area (Å²) < 4.78 is 1.56. The van der Waals surface area contributed by atoms with Gasteiger partial charge in [-0.3, -0.25) is 4.68 Å². The van der Waals surface area contributed by atoms with Crippen molar-refractivity contribution in [3.63, 3.8) is 0 Å². The highest BCUT2D eigenvalue weighted by Crippen LogP contribution is 2.32. The second-order valence-electron chi connectivity index (χ2n) is 4.14. The summed E-state index contributed by atoms with van der Waals surface area (Å²) in [6.45, 7) is 3.67. The first kappa shape index (κ1) is 11.1. The Hall–Kier alpha value is -1.43. The summed E-state index contributed by atoms with van der Waals surface area (Å²) in [6, 6.07) is 0.646. The molecule has 2 atom stereocenters. The van der Waals surface area contributed by atoms with Gasteiger partial charge >= 0.3 is 5.97 Å². The monoisotopic (exact) mass is 224 g/mol. The van der Waals surface area contributed by atoms with E-state index >= 15 is 0 Å². The lowest BCUT2D eigenvalue weighted by Crippen LogP contribution is -2.23. The number of nitrogens with one attached hydrogen (secondary N) is 1. The van der Waals surface area contributed by atoms with Gasteiger partial charge in [-0.25, -0.2) is 4.79 Å². The molecule has 1 saturated carbocycles. The Labute approximate surface area is 93.6 Å². The summed E-state index contributed by atoms with van der Waals surface area (Å²) in [5, 5.41) is 19.4. The van der Waals surface area contributed by atoms with E-state index in [9.17, 15) is 4.79 Å².